The van der Waals surface area contributed by atoms with Gasteiger partial charge in [-0.15, -0.1) is 0 Å². The molecule has 3 N–H and O–H groups in total. The molecule has 6 nitrogen and oxygen atoms in total. The van der Waals surface area contributed by atoms with Gasteiger partial charge in [0.25, 0.3) is 0 Å². The van der Waals surface area contributed by atoms with Crippen molar-refractivity contribution in [3.8, 4) is 0 Å². The lowest BCUT2D eigenvalue weighted by molar-refractivity contribution is -0.143. The molecule has 0 aliphatic carbocycles. The Hall–Kier alpha value is -1.14. The highest BCUT2D eigenvalue weighted by atomic mass is 16.5. The molecule has 0 bridgehead atoms. The molecule has 84 heavy (non-hydrogen) atoms. The molecule has 2 atom stereocenters. The molecule has 0 aromatic carbocycles. The normalized spacial score (nSPS) is 12.4. The van der Waals surface area contributed by atoms with Crippen LogP contribution in [0.25, 0.3) is 0 Å². The maximum Gasteiger partial charge on any atom is 0.305 e. The fourth-order valence-electron chi connectivity index (χ4n) is 12.9. The fraction of sp³-hybridized carbons (Fsp3) is 0.974. The molecule has 0 saturated heterocycles. The van der Waals surface area contributed by atoms with Crippen molar-refractivity contribution in [3.05, 3.63) is 0 Å². The van der Waals surface area contributed by atoms with E-state index in [0.29, 0.717) is 25.9 Å². The molecule has 502 valence electrons. The lowest BCUT2D eigenvalue weighted by Gasteiger charge is -2.22. The topological polar surface area (TPSA) is 95.9 Å². The lowest BCUT2D eigenvalue weighted by atomic mass is 10.0. The van der Waals surface area contributed by atoms with E-state index in [0.717, 1.165) is 38.5 Å². The summed E-state index contributed by atoms with van der Waals surface area (Å²) >= 11 is 0. The van der Waals surface area contributed by atoms with Gasteiger partial charge in [0.2, 0.25) is 5.91 Å². The summed E-state index contributed by atoms with van der Waals surface area (Å²) in [4.78, 5) is 24.7. The highest BCUT2D eigenvalue weighted by molar-refractivity contribution is 5.76. The first-order valence-corrected chi connectivity index (χ1v) is 39.3. The Bertz CT molecular complexity index is 1230. The summed E-state index contributed by atoms with van der Waals surface area (Å²) in [5.74, 6) is -0.00372. The standard InChI is InChI=1S/C78H155NO5/c1-3-5-7-9-11-13-15-17-19-21-23-24-28-31-35-38-42-46-50-54-58-62-66-70-76(81)75(74-80)79-77(82)71-67-63-59-55-51-47-43-39-36-32-29-26-25-27-30-33-37-41-45-49-53-57-61-65-69-73-84-78(83)72-68-64-60-56-52-48-44-40-34-22-20-18-16-14-12-10-8-6-4-2/h75-76,80-81H,3-74H2,1-2H3,(H,79,82). The van der Waals surface area contributed by atoms with Crippen LogP contribution in [0.5, 0.6) is 0 Å². The zero-order valence-corrected chi connectivity index (χ0v) is 57.7. The van der Waals surface area contributed by atoms with Crippen molar-refractivity contribution in [2.45, 2.75) is 475 Å². The van der Waals surface area contributed by atoms with Crippen molar-refractivity contribution in [1.29, 1.82) is 0 Å². The molecule has 1 amide bonds. The number of rotatable bonds is 75. The van der Waals surface area contributed by atoms with E-state index in [4.69, 9.17) is 4.74 Å². The fourth-order valence-corrected chi connectivity index (χ4v) is 12.9. The van der Waals surface area contributed by atoms with Crippen LogP contribution in [0.2, 0.25) is 0 Å². The van der Waals surface area contributed by atoms with E-state index in [1.807, 2.05) is 0 Å². The Balaban J connectivity index is 3.34. The second kappa shape index (κ2) is 74.3. The molecule has 0 aliphatic rings. The number of carbonyl (C=O) groups is 2. The largest absolute Gasteiger partial charge is 0.466 e. The monoisotopic (exact) mass is 1190 g/mol. The number of unbranched alkanes of at least 4 members (excludes halogenated alkanes) is 64. The summed E-state index contributed by atoms with van der Waals surface area (Å²) in [7, 11) is 0. The van der Waals surface area contributed by atoms with Crippen LogP contribution in [0.1, 0.15) is 463 Å². The van der Waals surface area contributed by atoms with Crippen molar-refractivity contribution >= 4 is 11.9 Å². The van der Waals surface area contributed by atoms with E-state index in [-0.39, 0.29) is 18.5 Å². The third kappa shape index (κ3) is 70.0. The van der Waals surface area contributed by atoms with Crippen LogP contribution in [-0.2, 0) is 14.3 Å². The summed E-state index contributed by atoms with van der Waals surface area (Å²) in [5.41, 5.74) is 0. The van der Waals surface area contributed by atoms with Gasteiger partial charge in [-0.25, -0.2) is 0 Å². The van der Waals surface area contributed by atoms with E-state index in [2.05, 4.69) is 19.2 Å². The molecule has 0 aromatic rings. The number of aliphatic hydroxyl groups is 2. The predicted octanol–water partition coefficient (Wildman–Crippen LogP) is 25.7. The minimum atomic E-state index is -0.664. The Morgan fingerprint density at radius 1 is 0.286 bits per heavy atom. The third-order valence-corrected chi connectivity index (χ3v) is 18.9. The van der Waals surface area contributed by atoms with E-state index in [1.165, 1.54) is 392 Å². The molecule has 0 rings (SSSR count). The van der Waals surface area contributed by atoms with Crippen LogP contribution in [-0.4, -0.2) is 47.4 Å². The smallest absolute Gasteiger partial charge is 0.305 e. The Kier molecular flexibility index (Phi) is 73.3. The molecule has 2 unspecified atom stereocenters. The molecule has 6 heteroatoms. The summed E-state index contributed by atoms with van der Waals surface area (Å²) < 4.78 is 5.52. The second-order valence-electron chi connectivity index (χ2n) is 27.4. The number of hydrogen-bond donors (Lipinski definition) is 3. The number of ether oxygens (including phenoxy) is 1. The van der Waals surface area contributed by atoms with Crippen LogP contribution < -0.4 is 5.32 Å². The van der Waals surface area contributed by atoms with Crippen LogP contribution in [0.4, 0.5) is 0 Å². The van der Waals surface area contributed by atoms with Gasteiger partial charge in [-0.1, -0.05) is 425 Å². The first kappa shape index (κ1) is 82.9. The van der Waals surface area contributed by atoms with Crippen LogP contribution in [0.15, 0.2) is 0 Å². The van der Waals surface area contributed by atoms with E-state index >= 15 is 0 Å². The van der Waals surface area contributed by atoms with Gasteiger partial charge in [0.05, 0.1) is 25.4 Å². The minimum absolute atomic E-state index is 0.0231. The molecule has 0 saturated carbocycles. The van der Waals surface area contributed by atoms with Crippen molar-refractivity contribution in [2.24, 2.45) is 0 Å². The van der Waals surface area contributed by atoms with Gasteiger partial charge in [-0.05, 0) is 25.7 Å². The molecule has 0 radical (unpaired) electrons. The second-order valence-corrected chi connectivity index (χ2v) is 27.4. The van der Waals surface area contributed by atoms with Gasteiger partial charge in [-0.2, -0.15) is 0 Å². The van der Waals surface area contributed by atoms with Crippen LogP contribution >= 0.6 is 0 Å². The maximum atomic E-state index is 12.6. The van der Waals surface area contributed by atoms with Crippen LogP contribution in [0.3, 0.4) is 0 Å². The zero-order chi connectivity index (χ0) is 60.6. The van der Waals surface area contributed by atoms with Crippen LogP contribution in [0, 0.1) is 0 Å². The summed E-state index contributed by atoms with van der Waals surface area (Å²) in [6, 6.07) is -0.541. The van der Waals surface area contributed by atoms with Gasteiger partial charge in [0.1, 0.15) is 0 Å². The summed E-state index contributed by atoms with van der Waals surface area (Å²) in [6.07, 6.45) is 91.8. The van der Waals surface area contributed by atoms with E-state index in [9.17, 15) is 19.8 Å². The Morgan fingerprint density at radius 2 is 0.488 bits per heavy atom. The average molecular weight is 1190 g/mol. The van der Waals surface area contributed by atoms with Gasteiger partial charge in [-0.3, -0.25) is 9.59 Å². The maximum absolute atomic E-state index is 12.6. The van der Waals surface area contributed by atoms with Gasteiger partial charge in [0.15, 0.2) is 0 Å². The van der Waals surface area contributed by atoms with E-state index in [1.54, 1.807) is 0 Å². The molecule has 0 aromatic heterocycles. The number of aliphatic hydroxyl groups excluding tert-OH is 2. The quantitative estimate of drug-likeness (QED) is 0.0417. The molecule has 0 heterocycles. The third-order valence-electron chi connectivity index (χ3n) is 18.9. The molecular formula is C78H155NO5. The van der Waals surface area contributed by atoms with Gasteiger partial charge < -0.3 is 20.3 Å². The molecule has 0 aliphatic heterocycles. The van der Waals surface area contributed by atoms with E-state index < -0.39 is 12.1 Å². The predicted molar refractivity (Wildman–Crippen MR) is 371 cm³/mol. The van der Waals surface area contributed by atoms with Crippen molar-refractivity contribution in [1.82, 2.24) is 5.32 Å². The number of amides is 1. The Labute approximate surface area is 527 Å². The number of carbonyl (C=O) groups excluding carboxylic acids is 2. The van der Waals surface area contributed by atoms with Gasteiger partial charge >= 0.3 is 5.97 Å². The molecule has 0 spiro atoms. The average Bonchev–Trinajstić information content (AvgIpc) is 3.51. The zero-order valence-electron chi connectivity index (χ0n) is 57.7. The molecular weight excluding hydrogens is 1030 g/mol. The summed E-state index contributed by atoms with van der Waals surface area (Å²) in [6.45, 7) is 5.02. The van der Waals surface area contributed by atoms with Crippen molar-refractivity contribution in [2.75, 3.05) is 13.2 Å². The van der Waals surface area contributed by atoms with Crippen molar-refractivity contribution in [3.63, 3.8) is 0 Å². The summed E-state index contributed by atoms with van der Waals surface area (Å²) in [5, 5.41) is 23.5. The number of esters is 1. The Morgan fingerprint density at radius 3 is 0.726 bits per heavy atom. The number of nitrogens with one attached hydrogen (secondary N) is 1. The lowest BCUT2D eigenvalue weighted by Crippen LogP contribution is -2.45. The minimum Gasteiger partial charge on any atom is -0.466 e. The van der Waals surface area contributed by atoms with Gasteiger partial charge in [0, 0.05) is 12.8 Å². The van der Waals surface area contributed by atoms with Crippen molar-refractivity contribution < 1.29 is 24.5 Å². The highest BCUT2D eigenvalue weighted by Gasteiger charge is 2.20. The molecule has 0 fully saturated rings. The first-order valence-electron chi connectivity index (χ1n) is 39.3. The first-order chi connectivity index (χ1) is 41.5. The highest BCUT2D eigenvalue weighted by Crippen LogP contribution is 2.21. The number of hydrogen-bond acceptors (Lipinski definition) is 5. The SMILES string of the molecule is CCCCCCCCCCCCCCCCCCCCCCCCCC(O)C(CO)NC(=O)CCCCCCCCCCCCCCCCCCCCCCCCCCCOC(=O)CCCCCCCCCCCCCCCCCCCCC.